The molecule has 0 fully saturated rings. The van der Waals surface area contributed by atoms with Crippen molar-refractivity contribution in [1.29, 1.82) is 0 Å². The van der Waals surface area contributed by atoms with Gasteiger partial charge in [-0.15, -0.1) is 0 Å². The largest absolute Gasteiger partial charge is 0.462 e. The summed E-state index contributed by atoms with van der Waals surface area (Å²) in [5.74, 6) is -0.851. The summed E-state index contributed by atoms with van der Waals surface area (Å²) >= 11 is 0. The van der Waals surface area contributed by atoms with Crippen LogP contribution in [0.3, 0.4) is 0 Å². The molecule has 78 heavy (non-hydrogen) atoms. The first kappa shape index (κ1) is 75.1. The molecule has 0 amide bonds. The Kier molecular flexibility index (Phi) is 64.2. The summed E-state index contributed by atoms with van der Waals surface area (Å²) in [6.07, 6.45) is 85.3. The van der Waals surface area contributed by atoms with Gasteiger partial charge in [0.2, 0.25) is 0 Å². The van der Waals surface area contributed by atoms with Crippen LogP contribution in [0.5, 0.6) is 0 Å². The van der Waals surface area contributed by atoms with Crippen molar-refractivity contribution >= 4 is 17.9 Å². The summed E-state index contributed by atoms with van der Waals surface area (Å²) < 4.78 is 17.0. The van der Waals surface area contributed by atoms with Crippen molar-refractivity contribution in [3.05, 3.63) is 60.8 Å². The van der Waals surface area contributed by atoms with Crippen molar-refractivity contribution in [2.45, 2.75) is 367 Å². The summed E-state index contributed by atoms with van der Waals surface area (Å²) in [5, 5.41) is 0. The van der Waals surface area contributed by atoms with Gasteiger partial charge in [-0.2, -0.15) is 0 Å². The fourth-order valence-corrected chi connectivity index (χ4v) is 10.1. The third kappa shape index (κ3) is 63.9. The molecule has 0 spiro atoms. The second kappa shape index (κ2) is 66.6. The van der Waals surface area contributed by atoms with Crippen LogP contribution in [0.1, 0.15) is 361 Å². The summed E-state index contributed by atoms with van der Waals surface area (Å²) in [4.78, 5) is 38.4. The van der Waals surface area contributed by atoms with Crippen LogP contribution in [0.4, 0.5) is 0 Å². The molecule has 6 nitrogen and oxygen atoms in total. The molecule has 0 aromatic rings. The summed E-state index contributed by atoms with van der Waals surface area (Å²) in [6.45, 7) is 6.58. The maximum atomic E-state index is 12.9. The van der Waals surface area contributed by atoms with E-state index in [4.69, 9.17) is 14.2 Å². The first-order valence-electron chi connectivity index (χ1n) is 34.3. The van der Waals surface area contributed by atoms with Crippen LogP contribution in [0, 0.1) is 0 Å². The van der Waals surface area contributed by atoms with E-state index in [0.29, 0.717) is 19.3 Å². The number of unbranched alkanes of at least 4 members (excludes halogenated alkanes) is 42. The molecule has 0 rings (SSSR count). The highest BCUT2D eigenvalue weighted by atomic mass is 16.6. The molecule has 0 aliphatic heterocycles. The molecule has 0 radical (unpaired) electrons. The van der Waals surface area contributed by atoms with Gasteiger partial charge >= 0.3 is 17.9 Å². The van der Waals surface area contributed by atoms with Gasteiger partial charge in [0, 0.05) is 19.3 Å². The Bertz CT molecular complexity index is 1390. The number of allylic oxidation sites excluding steroid dienone is 10. The minimum Gasteiger partial charge on any atom is -0.462 e. The van der Waals surface area contributed by atoms with E-state index < -0.39 is 6.10 Å². The molecule has 6 heteroatoms. The van der Waals surface area contributed by atoms with Crippen LogP contribution in [-0.2, 0) is 28.6 Å². The number of rotatable bonds is 63. The number of ether oxygens (including phenoxy) is 3. The molecule has 0 saturated heterocycles. The SMILES string of the molecule is CC/C=C\C/C=C\C/C=C\C/C=C\CCCCCCCCCCCCCCCCCCC(=O)OCC(COC(=O)CCCCCCCCCCCCCCC)OC(=O)CCCCCCCCC/C=C\CCCCCCCCC. The van der Waals surface area contributed by atoms with Gasteiger partial charge in [-0.3, -0.25) is 14.4 Å². The Morgan fingerprint density at radius 1 is 0.269 bits per heavy atom. The lowest BCUT2D eigenvalue weighted by Crippen LogP contribution is -2.30. The average molecular weight is 1090 g/mol. The molecule has 0 saturated carbocycles. The minimum atomic E-state index is -0.774. The Morgan fingerprint density at radius 2 is 0.500 bits per heavy atom. The number of hydrogen-bond donors (Lipinski definition) is 0. The van der Waals surface area contributed by atoms with E-state index >= 15 is 0 Å². The van der Waals surface area contributed by atoms with Crippen molar-refractivity contribution in [2.24, 2.45) is 0 Å². The summed E-state index contributed by atoms with van der Waals surface area (Å²) in [5.41, 5.74) is 0. The minimum absolute atomic E-state index is 0.0702. The Balaban J connectivity index is 4.21. The molecule has 0 aliphatic carbocycles. The van der Waals surface area contributed by atoms with Gasteiger partial charge in [-0.25, -0.2) is 0 Å². The van der Waals surface area contributed by atoms with Crippen molar-refractivity contribution < 1.29 is 28.6 Å². The van der Waals surface area contributed by atoms with Gasteiger partial charge in [-0.1, -0.05) is 319 Å². The lowest BCUT2D eigenvalue weighted by atomic mass is 10.0. The van der Waals surface area contributed by atoms with Crippen LogP contribution in [0.15, 0.2) is 60.8 Å². The Hall–Kier alpha value is -2.89. The quantitative estimate of drug-likeness (QED) is 0.0261. The van der Waals surface area contributed by atoms with E-state index in [1.54, 1.807) is 0 Å². The molecular formula is C72H130O6. The predicted octanol–water partition coefficient (Wildman–Crippen LogP) is 23.5. The first-order valence-corrected chi connectivity index (χ1v) is 34.3. The molecule has 0 aromatic heterocycles. The van der Waals surface area contributed by atoms with Gasteiger partial charge in [0.05, 0.1) is 0 Å². The Morgan fingerprint density at radius 3 is 0.795 bits per heavy atom. The summed E-state index contributed by atoms with van der Waals surface area (Å²) in [7, 11) is 0. The highest BCUT2D eigenvalue weighted by Gasteiger charge is 2.19. The van der Waals surface area contributed by atoms with Crippen LogP contribution in [0.25, 0.3) is 0 Å². The predicted molar refractivity (Wildman–Crippen MR) is 339 cm³/mol. The molecular weight excluding hydrogens is 961 g/mol. The Labute approximate surface area is 485 Å². The molecule has 454 valence electrons. The van der Waals surface area contributed by atoms with Crippen molar-refractivity contribution in [3.8, 4) is 0 Å². The van der Waals surface area contributed by atoms with Gasteiger partial charge < -0.3 is 14.2 Å². The third-order valence-corrected chi connectivity index (χ3v) is 15.3. The zero-order valence-corrected chi connectivity index (χ0v) is 52.2. The van der Waals surface area contributed by atoms with Crippen LogP contribution < -0.4 is 0 Å². The van der Waals surface area contributed by atoms with Crippen LogP contribution in [-0.4, -0.2) is 37.2 Å². The molecule has 1 atom stereocenters. The van der Waals surface area contributed by atoms with Crippen molar-refractivity contribution in [1.82, 2.24) is 0 Å². The number of hydrogen-bond acceptors (Lipinski definition) is 6. The number of carbonyl (C=O) groups is 3. The lowest BCUT2D eigenvalue weighted by molar-refractivity contribution is -0.167. The molecule has 0 aliphatic rings. The van der Waals surface area contributed by atoms with E-state index in [1.165, 1.54) is 238 Å². The van der Waals surface area contributed by atoms with Gasteiger partial charge in [0.1, 0.15) is 13.2 Å². The van der Waals surface area contributed by atoms with Crippen LogP contribution in [0.2, 0.25) is 0 Å². The normalized spacial score (nSPS) is 12.4. The third-order valence-electron chi connectivity index (χ3n) is 15.3. The van der Waals surface area contributed by atoms with Crippen molar-refractivity contribution in [2.75, 3.05) is 13.2 Å². The average Bonchev–Trinajstić information content (AvgIpc) is 3.44. The second-order valence-electron chi connectivity index (χ2n) is 23.1. The highest BCUT2D eigenvalue weighted by molar-refractivity contribution is 5.71. The summed E-state index contributed by atoms with van der Waals surface area (Å²) in [6, 6.07) is 0. The first-order chi connectivity index (χ1) is 38.5. The fourth-order valence-electron chi connectivity index (χ4n) is 10.1. The molecule has 0 N–H and O–H groups in total. The molecule has 0 bridgehead atoms. The van der Waals surface area contributed by atoms with Gasteiger partial charge in [-0.05, 0) is 83.5 Å². The molecule has 0 heterocycles. The zero-order valence-electron chi connectivity index (χ0n) is 52.2. The van der Waals surface area contributed by atoms with E-state index in [1.807, 2.05) is 0 Å². The fraction of sp³-hybridized carbons (Fsp3) is 0.819. The maximum Gasteiger partial charge on any atom is 0.306 e. The van der Waals surface area contributed by atoms with E-state index in [-0.39, 0.29) is 31.1 Å². The van der Waals surface area contributed by atoms with Gasteiger partial charge in [0.25, 0.3) is 0 Å². The monoisotopic (exact) mass is 1090 g/mol. The molecule has 0 aromatic carbocycles. The van der Waals surface area contributed by atoms with E-state index in [9.17, 15) is 14.4 Å². The maximum absolute atomic E-state index is 12.9. The molecule has 1 unspecified atom stereocenters. The standard InChI is InChI=1S/C72H130O6/c1-4-7-10-13-16-19-22-25-27-29-31-32-33-34-35-36-37-38-39-40-41-43-44-47-50-53-56-59-62-65-71(74)77-68-69(67-76-70(73)64-61-58-55-52-49-46-24-21-18-15-12-9-6-3)78-72(75)66-63-60-57-54-51-48-45-42-30-28-26-23-20-17-14-11-8-5-2/h7,10,16,19,25,27-28,30-32,69H,4-6,8-9,11-15,17-18,20-24,26,29,33-68H2,1-3H3/b10-7-,19-16-,27-25-,30-28-,32-31-. The van der Waals surface area contributed by atoms with Crippen molar-refractivity contribution in [3.63, 3.8) is 0 Å². The topological polar surface area (TPSA) is 78.9 Å². The van der Waals surface area contributed by atoms with Crippen LogP contribution >= 0.6 is 0 Å². The number of carbonyl (C=O) groups excluding carboxylic acids is 3. The smallest absolute Gasteiger partial charge is 0.306 e. The zero-order chi connectivity index (χ0) is 56.4. The lowest BCUT2D eigenvalue weighted by Gasteiger charge is -2.18. The second-order valence-corrected chi connectivity index (χ2v) is 23.1. The number of esters is 3. The van der Waals surface area contributed by atoms with E-state index in [2.05, 4.69) is 81.5 Å². The van der Waals surface area contributed by atoms with E-state index in [0.717, 1.165) is 83.5 Å². The highest BCUT2D eigenvalue weighted by Crippen LogP contribution is 2.18. The van der Waals surface area contributed by atoms with Gasteiger partial charge in [0.15, 0.2) is 6.10 Å².